The van der Waals surface area contributed by atoms with E-state index in [0.29, 0.717) is 16.3 Å². The normalized spacial score (nSPS) is 14.4. The van der Waals surface area contributed by atoms with Crippen molar-refractivity contribution >= 4 is 43.5 Å². The van der Waals surface area contributed by atoms with Crippen molar-refractivity contribution in [3.63, 3.8) is 0 Å². The van der Waals surface area contributed by atoms with Gasteiger partial charge in [-0.3, -0.25) is 0 Å². The van der Waals surface area contributed by atoms with Gasteiger partial charge in [0.15, 0.2) is 0 Å². The van der Waals surface area contributed by atoms with E-state index in [4.69, 9.17) is 14.0 Å². The first kappa shape index (κ1) is 18.0. The summed E-state index contributed by atoms with van der Waals surface area (Å²) >= 11 is 0. The molecule has 0 bridgehead atoms. The van der Waals surface area contributed by atoms with Crippen LogP contribution in [0.1, 0.15) is 12.3 Å². The molecular formula is C44H28O. The van der Waals surface area contributed by atoms with Gasteiger partial charge in [0.2, 0.25) is 0 Å². The number of hydrogen-bond acceptors (Lipinski definition) is 1. The van der Waals surface area contributed by atoms with Crippen LogP contribution in [0.15, 0.2) is 174 Å². The van der Waals surface area contributed by atoms with E-state index in [0.717, 1.165) is 55.0 Å². The first-order valence-electron chi connectivity index (χ1n) is 19.2. The van der Waals surface area contributed by atoms with Gasteiger partial charge in [-0.1, -0.05) is 145 Å². The summed E-state index contributed by atoms with van der Waals surface area (Å²) in [6.45, 7) is 0. The molecule has 0 atom stereocenters. The predicted molar refractivity (Wildman–Crippen MR) is 190 cm³/mol. The average molecular weight is 582 g/mol. The standard InChI is InChI=1S/C44H28O/c1-3-11-29(12-4-1)31-19-21-32(22-20-31)43-37-15-7-9-17-39(37)44(40-18-10-8-16-38(40)43)34-24-26-36-35-25-23-33(30-13-5-2-6-14-30)27-41(35)45-42(36)28-34/h1-28H/i1D,3D,4D,11D,12D,19D,20D,21D,22D. The van der Waals surface area contributed by atoms with E-state index >= 15 is 0 Å². The predicted octanol–water partition coefficient (Wildman–Crippen LogP) is 12.6. The van der Waals surface area contributed by atoms with E-state index in [1.54, 1.807) is 0 Å². The molecule has 0 fully saturated rings. The van der Waals surface area contributed by atoms with Crippen LogP contribution in [0, 0.1) is 0 Å². The minimum absolute atomic E-state index is 0.0574. The van der Waals surface area contributed by atoms with Gasteiger partial charge in [0, 0.05) is 10.8 Å². The average Bonchev–Trinajstić information content (AvgIpc) is 3.57. The summed E-state index contributed by atoms with van der Waals surface area (Å²) in [5, 5.41) is 5.08. The zero-order valence-electron chi connectivity index (χ0n) is 32.9. The minimum Gasteiger partial charge on any atom is -0.456 e. The van der Waals surface area contributed by atoms with Crippen LogP contribution < -0.4 is 0 Å². The Labute approximate surface area is 274 Å². The summed E-state index contributed by atoms with van der Waals surface area (Å²) in [4.78, 5) is 0. The first-order chi connectivity index (χ1) is 26.1. The second-order valence-electron chi connectivity index (χ2n) is 11.0. The summed E-state index contributed by atoms with van der Waals surface area (Å²) in [6, 6.07) is 33.2. The maximum atomic E-state index is 9.28. The number of rotatable bonds is 4. The minimum atomic E-state index is -0.614. The number of furan rings is 1. The van der Waals surface area contributed by atoms with Crippen LogP contribution >= 0.6 is 0 Å². The lowest BCUT2D eigenvalue weighted by Gasteiger charge is -2.18. The summed E-state index contributed by atoms with van der Waals surface area (Å²) in [6.07, 6.45) is 0. The summed E-state index contributed by atoms with van der Waals surface area (Å²) in [5.41, 5.74) is 5.35. The van der Waals surface area contributed by atoms with Crippen molar-refractivity contribution < 1.29 is 16.8 Å². The van der Waals surface area contributed by atoms with Crippen molar-refractivity contribution in [3.05, 3.63) is 170 Å². The van der Waals surface area contributed by atoms with Crippen molar-refractivity contribution in [2.24, 2.45) is 0 Å². The van der Waals surface area contributed by atoms with E-state index < -0.39 is 42.3 Å². The molecule has 0 N–H and O–H groups in total. The molecule has 0 aliphatic heterocycles. The van der Waals surface area contributed by atoms with E-state index in [2.05, 4.69) is 42.5 Å². The molecule has 0 amide bonds. The van der Waals surface area contributed by atoms with Crippen molar-refractivity contribution in [2.45, 2.75) is 0 Å². The molecule has 0 radical (unpaired) electrons. The molecule has 0 saturated carbocycles. The van der Waals surface area contributed by atoms with Gasteiger partial charge in [0.25, 0.3) is 0 Å². The van der Waals surface area contributed by atoms with Crippen LogP contribution in [0.2, 0.25) is 0 Å². The van der Waals surface area contributed by atoms with Crippen LogP contribution in [0.3, 0.4) is 0 Å². The zero-order valence-corrected chi connectivity index (χ0v) is 23.9. The molecule has 0 aliphatic rings. The van der Waals surface area contributed by atoms with E-state index in [1.807, 2.05) is 72.8 Å². The zero-order chi connectivity index (χ0) is 37.6. The SMILES string of the molecule is [2H]c1c([2H])c([2H])c(-c2c([2H])c([2H])c(-c3c4ccccc4c(-c4ccc5c(c4)oc4cc(-c6ccccc6)ccc45)c4ccccc34)c([2H])c2[2H])c([2H])c1[2H]. The molecule has 0 saturated heterocycles. The fourth-order valence-corrected chi connectivity index (χ4v) is 6.39. The van der Waals surface area contributed by atoms with Gasteiger partial charge >= 0.3 is 0 Å². The van der Waals surface area contributed by atoms with E-state index in [1.165, 1.54) is 0 Å². The van der Waals surface area contributed by atoms with Crippen molar-refractivity contribution in [2.75, 3.05) is 0 Å². The fraction of sp³-hybridized carbons (Fsp3) is 0. The molecule has 1 heteroatoms. The van der Waals surface area contributed by atoms with Crippen molar-refractivity contribution in [3.8, 4) is 44.5 Å². The van der Waals surface area contributed by atoms with Gasteiger partial charge in [-0.2, -0.15) is 0 Å². The highest BCUT2D eigenvalue weighted by Crippen LogP contribution is 2.45. The van der Waals surface area contributed by atoms with Gasteiger partial charge in [-0.25, -0.2) is 0 Å². The van der Waals surface area contributed by atoms with Gasteiger partial charge in [-0.05, 0) is 90.3 Å². The molecule has 1 aromatic heterocycles. The fourth-order valence-electron chi connectivity index (χ4n) is 6.39. The van der Waals surface area contributed by atoms with Gasteiger partial charge in [0.05, 0.1) is 12.3 Å². The molecule has 0 spiro atoms. The lowest BCUT2D eigenvalue weighted by molar-refractivity contribution is 0.669. The Morgan fingerprint density at radius 2 is 0.800 bits per heavy atom. The van der Waals surface area contributed by atoms with Crippen LogP contribution in [0.4, 0.5) is 0 Å². The molecular weight excluding hydrogens is 544 g/mol. The number of hydrogen-bond donors (Lipinski definition) is 0. The third kappa shape index (κ3) is 4.24. The number of benzene rings is 8. The second-order valence-corrected chi connectivity index (χ2v) is 11.0. The van der Waals surface area contributed by atoms with Gasteiger partial charge < -0.3 is 4.42 Å². The molecule has 1 nitrogen and oxygen atoms in total. The quantitative estimate of drug-likeness (QED) is 0.188. The Bertz CT molecular complexity index is 2930. The first-order valence-corrected chi connectivity index (χ1v) is 14.7. The third-order valence-corrected chi connectivity index (χ3v) is 8.43. The van der Waals surface area contributed by atoms with Crippen LogP contribution in [-0.4, -0.2) is 0 Å². The molecule has 1 heterocycles. The molecule has 9 rings (SSSR count). The largest absolute Gasteiger partial charge is 0.456 e. The summed E-state index contributed by atoms with van der Waals surface area (Å²) in [5.74, 6) is 0. The maximum absolute atomic E-state index is 9.28. The second kappa shape index (κ2) is 10.4. The van der Waals surface area contributed by atoms with Gasteiger partial charge in [0.1, 0.15) is 11.2 Å². The Morgan fingerprint density at radius 1 is 0.333 bits per heavy atom. The number of fused-ring (bicyclic) bond motifs is 5. The smallest absolute Gasteiger partial charge is 0.136 e. The molecule has 8 aromatic carbocycles. The van der Waals surface area contributed by atoms with Crippen LogP contribution in [0.25, 0.3) is 88.0 Å². The van der Waals surface area contributed by atoms with Crippen LogP contribution in [0.5, 0.6) is 0 Å². The monoisotopic (exact) mass is 581 g/mol. The maximum Gasteiger partial charge on any atom is 0.136 e. The van der Waals surface area contributed by atoms with E-state index in [-0.39, 0.29) is 28.8 Å². The highest BCUT2D eigenvalue weighted by atomic mass is 16.3. The Balaban J connectivity index is 1.29. The molecule has 9 aromatic rings. The Kier molecular flexibility index (Phi) is 4.15. The van der Waals surface area contributed by atoms with Crippen molar-refractivity contribution in [1.29, 1.82) is 0 Å². The highest BCUT2D eigenvalue weighted by Gasteiger charge is 2.18. The summed E-state index contributed by atoms with van der Waals surface area (Å²) < 4.78 is 84.6. The third-order valence-electron chi connectivity index (χ3n) is 8.43. The molecule has 45 heavy (non-hydrogen) atoms. The van der Waals surface area contributed by atoms with E-state index in [9.17, 15) is 2.74 Å². The molecule has 210 valence electrons. The summed E-state index contributed by atoms with van der Waals surface area (Å²) in [7, 11) is 0. The molecule has 0 unspecified atom stereocenters. The highest BCUT2D eigenvalue weighted by molar-refractivity contribution is 6.22. The lowest BCUT2D eigenvalue weighted by atomic mass is 9.85. The lowest BCUT2D eigenvalue weighted by Crippen LogP contribution is -1.91. The Morgan fingerprint density at radius 3 is 1.40 bits per heavy atom. The topological polar surface area (TPSA) is 13.1 Å². The Hall–Kier alpha value is -5.92. The molecule has 0 aliphatic carbocycles. The van der Waals surface area contributed by atoms with Crippen molar-refractivity contribution in [1.82, 2.24) is 0 Å². The van der Waals surface area contributed by atoms with Gasteiger partial charge in [-0.15, -0.1) is 0 Å². The van der Waals surface area contributed by atoms with Crippen LogP contribution in [-0.2, 0) is 0 Å².